The van der Waals surface area contributed by atoms with E-state index in [0.29, 0.717) is 0 Å². The number of rotatable bonds is 6. The topological polar surface area (TPSA) is 3.24 Å². The van der Waals surface area contributed by atoms with Gasteiger partial charge in [-0.1, -0.05) is 182 Å². The molecule has 56 heavy (non-hydrogen) atoms. The first-order valence-corrected chi connectivity index (χ1v) is 19.4. The van der Waals surface area contributed by atoms with Crippen molar-refractivity contribution in [3.63, 3.8) is 0 Å². The molecule has 0 bridgehead atoms. The zero-order valence-corrected chi connectivity index (χ0v) is 30.8. The molecule has 0 heterocycles. The summed E-state index contributed by atoms with van der Waals surface area (Å²) >= 11 is 0. The van der Waals surface area contributed by atoms with Crippen molar-refractivity contribution in [2.45, 2.75) is 5.41 Å². The smallest absolute Gasteiger partial charge is 0.0726 e. The SMILES string of the molecule is c1ccc(-c2ccc(N(c3ccc(-c4ccccc4)cc3)c3ccc4c(c3)C3(c5ccccc5-c5ccc(-c6ccccc6)cc53)c3ccccc3-4)cc2)cc1. The van der Waals surface area contributed by atoms with E-state index in [0.717, 1.165) is 17.1 Å². The molecule has 1 spiro atoms. The van der Waals surface area contributed by atoms with Gasteiger partial charge in [0.2, 0.25) is 0 Å². The summed E-state index contributed by atoms with van der Waals surface area (Å²) in [6.07, 6.45) is 0. The molecule has 2 aliphatic rings. The van der Waals surface area contributed by atoms with Gasteiger partial charge >= 0.3 is 0 Å². The standard InChI is InChI=1S/C55H37N/c1-4-14-38(15-5-1)41-24-29-44(30-25-41)56(45-31-26-42(27-32-45)39-16-6-2-7-17-39)46-33-35-50-48-21-11-13-23-52(48)55(54(50)37-46)51-22-12-10-20-47(51)49-34-28-43(36-53(49)55)40-18-8-3-9-19-40/h1-37H. The molecule has 0 saturated carbocycles. The third-order valence-electron chi connectivity index (χ3n) is 11.9. The first kappa shape index (κ1) is 32.2. The molecule has 262 valence electrons. The second-order valence-electron chi connectivity index (χ2n) is 14.9. The molecule has 11 rings (SSSR count). The van der Waals surface area contributed by atoms with Crippen molar-refractivity contribution in [1.82, 2.24) is 0 Å². The van der Waals surface area contributed by atoms with Crippen molar-refractivity contribution in [2.75, 3.05) is 4.90 Å². The second-order valence-corrected chi connectivity index (χ2v) is 14.9. The number of benzene rings is 9. The van der Waals surface area contributed by atoms with Gasteiger partial charge in [0.15, 0.2) is 0 Å². The molecule has 0 aliphatic heterocycles. The first-order chi connectivity index (χ1) is 27.8. The van der Waals surface area contributed by atoms with Crippen LogP contribution in [0.25, 0.3) is 55.6 Å². The fraction of sp³-hybridized carbons (Fsp3) is 0.0182. The molecule has 0 saturated heterocycles. The van der Waals surface area contributed by atoms with Crippen molar-refractivity contribution in [1.29, 1.82) is 0 Å². The molecule has 1 heteroatoms. The maximum absolute atomic E-state index is 2.48. The van der Waals surface area contributed by atoms with E-state index >= 15 is 0 Å². The lowest BCUT2D eigenvalue weighted by molar-refractivity contribution is 0.794. The number of anilines is 3. The van der Waals surface area contributed by atoms with Crippen LogP contribution in [0.15, 0.2) is 224 Å². The summed E-state index contributed by atoms with van der Waals surface area (Å²) in [6, 6.07) is 82.5. The Kier molecular flexibility index (Phi) is 7.47. The van der Waals surface area contributed by atoms with E-state index in [-0.39, 0.29) is 0 Å². The molecule has 0 fully saturated rings. The summed E-state index contributed by atoms with van der Waals surface area (Å²) in [4.78, 5) is 2.42. The third-order valence-corrected chi connectivity index (χ3v) is 11.9. The maximum atomic E-state index is 2.48. The molecule has 1 unspecified atom stereocenters. The van der Waals surface area contributed by atoms with Gasteiger partial charge in [-0.2, -0.15) is 0 Å². The highest BCUT2D eigenvalue weighted by Gasteiger charge is 2.51. The monoisotopic (exact) mass is 711 g/mol. The molecule has 0 radical (unpaired) electrons. The van der Waals surface area contributed by atoms with Gasteiger partial charge in [-0.25, -0.2) is 0 Å². The number of hydrogen-bond acceptors (Lipinski definition) is 1. The van der Waals surface area contributed by atoms with E-state index < -0.39 is 5.41 Å². The fourth-order valence-electron chi connectivity index (χ4n) is 9.39. The lowest BCUT2D eigenvalue weighted by Crippen LogP contribution is -2.26. The van der Waals surface area contributed by atoms with Crippen molar-refractivity contribution in [2.24, 2.45) is 0 Å². The third kappa shape index (κ3) is 4.95. The molecular weight excluding hydrogens is 675 g/mol. The van der Waals surface area contributed by atoms with E-state index in [2.05, 4.69) is 229 Å². The summed E-state index contributed by atoms with van der Waals surface area (Å²) in [5, 5.41) is 0. The van der Waals surface area contributed by atoms with Crippen LogP contribution in [0.4, 0.5) is 17.1 Å². The fourth-order valence-corrected chi connectivity index (χ4v) is 9.39. The summed E-state index contributed by atoms with van der Waals surface area (Å²) < 4.78 is 0. The molecule has 0 aromatic heterocycles. The zero-order valence-electron chi connectivity index (χ0n) is 30.8. The minimum absolute atomic E-state index is 0.474. The number of fused-ring (bicyclic) bond motifs is 10. The Morgan fingerprint density at radius 3 is 1.07 bits per heavy atom. The summed E-state index contributed by atoms with van der Waals surface area (Å²) in [5.74, 6) is 0. The Morgan fingerprint density at radius 1 is 0.232 bits per heavy atom. The predicted molar refractivity (Wildman–Crippen MR) is 234 cm³/mol. The Labute approximate surface area is 328 Å². The van der Waals surface area contributed by atoms with E-state index in [1.54, 1.807) is 0 Å². The van der Waals surface area contributed by atoms with E-state index in [1.807, 2.05) is 0 Å². The molecular formula is C55H37N. The zero-order chi connectivity index (χ0) is 37.1. The summed E-state index contributed by atoms with van der Waals surface area (Å²) in [5.41, 5.74) is 20.7. The molecule has 0 amide bonds. The molecule has 1 nitrogen and oxygen atoms in total. The van der Waals surface area contributed by atoms with Crippen LogP contribution in [0, 0.1) is 0 Å². The largest absolute Gasteiger partial charge is 0.310 e. The van der Waals surface area contributed by atoms with Crippen LogP contribution in [-0.2, 0) is 5.41 Å². The molecule has 9 aromatic rings. The highest BCUT2D eigenvalue weighted by atomic mass is 15.1. The van der Waals surface area contributed by atoms with Gasteiger partial charge in [-0.05, 0) is 120 Å². The van der Waals surface area contributed by atoms with Gasteiger partial charge in [-0.15, -0.1) is 0 Å². The van der Waals surface area contributed by atoms with Gasteiger partial charge in [0.1, 0.15) is 0 Å². The molecule has 9 aromatic carbocycles. The van der Waals surface area contributed by atoms with Gasteiger partial charge in [0, 0.05) is 17.1 Å². The average Bonchev–Trinajstić information content (AvgIpc) is 3.74. The van der Waals surface area contributed by atoms with Crippen molar-refractivity contribution >= 4 is 17.1 Å². The van der Waals surface area contributed by atoms with E-state index in [9.17, 15) is 0 Å². The lowest BCUT2D eigenvalue weighted by atomic mass is 9.70. The maximum Gasteiger partial charge on any atom is 0.0726 e. The van der Waals surface area contributed by atoms with E-state index in [4.69, 9.17) is 0 Å². The molecule has 0 N–H and O–H groups in total. The van der Waals surface area contributed by atoms with Crippen LogP contribution in [0.1, 0.15) is 22.3 Å². The highest BCUT2D eigenvalue weighted by Crippen LogP contribution is 2.63. The number of nitrogens with zero attached hydrogens (tertiary/aromatic N) is 1. The lowest BCUT2D eigenvalue weighted by Gasteiger charge is -2.32. The van der Waals surface area contributed by atoms with Crippen LogP contribution < -0.4 is 4.90 Å². The Balaban J connectivity index is 1.13. The van der Waals surface area contributed by atoms with Gasteiger partial charge in [0.25, 0.3) is 0 Å². The van der Waals surface area contributed by atoms with Gasteiger partial charge in [0.05, 0.1) is 5.41 Å². The minimum Gasteiger partial charge on any atom is -0.310 e. The van der Waals surface area contributed by atoms with Crippen molar-refractivity contribution < 1.29 is 0 Å². The molecule has 1 atom stereocenters. The highest BCUT2D eigenvalue weighted by molar-refractivity contribution is 5.97. The second kappa shape index (κ2) is 13.0. The Morgan fingerprint density at radius 2 is 0.571 bits per heavy atom. The van der Waals surface area contributed by atoms with Gasteiger partial charge < -0.3 is 4.90 Å². The summed E-state index contributed by atoms with van der Waals surface area (Å²) in [6.45, 7) is 0. The average molecular weight is 712 g/mol. The first-order valence-electron chi connectivity index (χ1n) is 19.4. The summed E-state index contributed by atoms with van der Waals surface area (Å²) in [7, 11) is 0. The van der Waals surface area contributed by atoms with Gasteiger partial charge in [-0.3, -0.25) is 0 Å². The number of hydrogen-bond donors (Lipinski definition) is 0. The van der Waals surface area contributed by atoms with Crippen molar-refractivity contribution in [3.8, 4) is 55.6 Å². The van der Waals surface area contributed by atoms with Crippen molar-refractivity contribution in [3.05, 3.63) is 247 Å². The van der Waals surface area contributed by atoms with E-state index in [1.165, 1.54) is 77.9 Å². The Bertz CT molecular complexity index is 2780. The Hall–Kier alpha value is -7.22. The van der Waals surface area contributed by atoms with Crippen LogP contribution in [-0.4, -0.2) is 0 Å². The van der Waals surface area contributed by atoms with Crippen LogP contribution in [0.3, 0.4) is 0 Å². The minimum atomic E-state index is -0.474. The molecule has 2 aliphatic carbocycles. The quantitative estimate of drug-likeness (QED) is 0.166. The van der Waals surface area contributed by atoms with Crippen LogP contribution in [0.5, 0.6) is 0 Å². The van der Waals surface area contributed by atoms with Crippen LogP contribution in [0.2, 0.25) is 0 Å². The predicted octanol–water partition coefficient (Wildman–Crippen LogP) is 14.5. The van der Waals surface area contributed by atoms with Crippen LogP contribution >= 0.6 is 0 Å². The normalized spacial score (nSPS) is 14.5.